The Morgan fingerprint density at radius 3 is 2.22 bits per heavy atom. The quantitative estimate of drug-likeness (QED) is 0.704. The maximum Gasteiger partial charge on any atom is 0.328 e. The molecule has 3 amide bonds. The Balaban J connectivity index is 2.38. The third-order valence-electron chi connectivity index (χ3n) is 5.23. The van der Waals surface area contributed by atoms with E-state index in [0.29, 0.717) is 6.54 Å². The summed E-state index contributed by atoms with van der Waals surface area (Å²) in [5.41, 5.74) is 2.04. The molecule has 0 bridgehead atoms. The molecule has 6 heteroatoms. The van der Waals surface area contributed by atoms with Gasteiger partial charge in [-0.3, -0.25) is 4.79 Å². The van der Waals surface area contributed by atoms with E-state index in [1.165, 1.54) is 4.90 Å². The number of carboxylic acid groups (broad SMARTS) is 1. The van der Waals surface area contributed by atoms with Gasteiger partial charge in [0, 0.05) is 6.54 Å². The summed E-state index contributed by atoms with van der Waals surface area (Å²) in [4.78, 5) is 40.5. The fourth-order valence-electron chi connectivity index (χ4n) is 3.51. The number of aryl methyl sites for hydroxylation is 1. The van der Waals surface area contributed by atoms with Crippen molar-refractivity contribution in [3.8, 4) is 0 Å². The van der Waals surface area contributed by atoms with E-state index in [-0.39, 0.29) is 18.3 Å². The molecule has 1 aromatic rings. The number of hydrogen-bond acceptors (Lipinski definition) is 3. The Hall–Kier alpha value is -2.37. The van der Waals surface area contributed by atoms with Crippen LogP contribution in [0.15, 0.2) is 24.3 Å². The molecular weight excluding hydrogens is 344 g/mol. The van der Waals surface area contributed by atoms with Gasteiger partial charge in [-0.2, -0.15) is 0 Å². The van der Waals surface area contributed by atoms with Gasteiger partial charge in [0.1, 0.15) is 12.1 Å². The monoisotopic (exact) mass is 374 g/mol. The lowest BCUT2D eigenvalue weighted by Gasteiger charge is -2.26. The molecule has 27 heavy (non-hydrogen) atoms. The normalized spacial score (nSPS) is 19.7. The number of carbonyl (C=O) groups excluding carboxylic acids is 2. The highest BCUT2D eigenvalue weighted by Crippen LogP contribution is 2.30. The van der Waals surface area contributed by atoms with Crippen molar-refractivity contribution in [2.75, 3.05) is 0 Å². The zero-order chi connectivity index (χ0) is 20.3. The number of rotatable bonds is 8. The van der Waals surface area contributed by atoms with Crippen LogP contribution in [0.1, 0.15) is 51.7 Å². The molecule has 0 radical (unpaired) electrons. The third kappa shape index (κ3) is 4.49. The third-order valence-corrected chi connectivity index (χ3v) is 5.23. The average Bonchev–Trinajstić information content (AvgIpc) is 2.84. The molecular formula is C21H30N2O4. The molecule has 1 aliphatic rings. The van der Waals surface area contributed by atoms with Gasteiger partial charge in [-0.05, 0) is 30.7 Å². The lowest BCUT2D eigenvalue weighted by Crippen LogP contribution is -2.46. The van der Waals surface area contributed by atoms with E-state index in [1.807, 2.05) is 58.9 Å². The number of amides is 3. The summed E-state index contributed by atoms with van der Waals surface area (Å²) in [6, 6.07) is 5.55. The zero-order valence-electron chi connectivity index (χ0n) is 16.8. The first-order valence-electron chi connectivity index (χ1n) is 9.59. The van der Waals surface area contributed by atoms with E-state index in [0.717, 1.165) is 22.4 Å². The Bertz CT molecular complexity index is 699. The molecule has 3 unspecified atom stereocenters. The van der Waals surface area contributed by atoms with Gasteiger partial charge in [-0.1, -0.05) is 63.9 Å². The number of nitrogens with zero attached hydrogens (tertiary/aromatic N) is 2. The van der Waals surface area contributed by atoms with E-state index in [2.05, 4.69) is 0 Å². The molecule has 0 spiro atoms. The Morgan fingerprint density at radius 2 is 1.74 bits per heavy atom. The van der Waals surface area contributed by atoms with Crippen molar-refractivity contribution in [3.63, 3.8) is 0 Å². The second kappa shape index (κ2) is 8.55. The summed E-state index contributed by atoms with van der Waals surface area (Å²) < 4.78 is 0. The standard InChI is InChI=1S/C21H30N2O4/c1-6-15(5)18-19(24)23(17(20(25)26)11-13(2)3)21(27)22(18)12-16-9-7-14(4)8-10-16/h7-10,13,15,17-18H,6,11-12H2,1-5H3,(H,25,26). The van der Waals surface area contributed by atoms with E-state index in [9.17, 15) is 19.5 Å². The van der Waals surface area contributed by atoms with Crippen LogP contribution in [0.3, 0.4) is 0 Å². The molecule has 0 aliphatic carbocycles. The average molecular weight is 374 g/mol. The van der Waals surface area contributed by atoms with Gasteiger partial charge in [-0.25, -0.2) is 14.5 Å². The van der Waals surface area contributed by atoms with E-state index in [4.69, 9.17) is 0 Å². The van der Waals surface area contributed by atoms with Crippen LogP contribution in [-0.4, -0.2) is 44.9 Å². The predicted octanol–water partition coefficient (Wildman–Crippen LogP) is 3.67. The van der Waals surface area contributed by atoms with Crippen molar-refractivity contribution in [1.82, 2.24) is 9.80 Å². The minimum Gasteiger partial charge on any atom is -0.480 e. The fraction of sp³-hybridized carbons (Fsp3) is 0.571. The topological polar surface area (TPSA) is 77.9 Å². The molecule has 1 aliphatic heterocycles. The molecule has 1 saturated heterocycles. The van der Waals surface area contributed by atoms with Crippen molar-refractivity contribution < 1.29 is 19.5 Å². The second-order valence-electron chi connectivity index (χ2n) is 7.92. The first kappa shape index (κ1) is 20.9. The molecule has 6 nitrogen and oxygen atoms in total. The van der Waals surface area contributed by atoms with Crippen molar-refractivity contribution in [2.45, 2.75) is 66.1 Å². The molecule has 0 saturated carbocycles. The summed E-state index contributed by atoms with van der Waals surface area (Å²) in [6.07, 6.45) is 0.974. The zero-order valence-corrected chi connectivity index (χ0v) is 16.8. The SMILES string of the molecule is CCC(C)C1C(=O)N(C(CC(C)C)C(=O)O)C(=O)N1Cc1ccc(C)cc1. The first-order valence-corrected chi connectivity index (χ1v) is 9.59. The highest BCUT2D eigenvalue weighted by atomic mass is 16.4. The van der Waals surface area contributed by atoms with Crippen LogP contribution >= 0.6 is 0 Å². The van der Waals surface area contributed by atoms with E-state index < -0.39 is 30.0 Å². The van der Waals surface area contributed by atoms with Crippen LogP contribution in [0.4, 0.5) is 4.79 Å². The van der Waals surface area contributed by atoms with Crippen molar-refractivity contribution in [3.05, 3.63) is 35.4 Å². The minimum absolute atomic E-state index is 0.0506. The van der Waals surface area contributed by atoms with Gasteiger partial charge in [0.15, 0.2) is 0 Å². The number of benzene rings is 1. The molecule has 0 aromatic heterocycles. The Morgan fingerprint density at radius 1 is 1.15 bits per heavy atom. The van der Waals surface area contributed by atoms with Crippen LogP contribution < -0.4 is 0 Å². The Kier molecular flexibility index (Phi) is 6.63. The van der Waals surface area contributed by atoms with Gasteiger partial charge in [0.05, 0.1) is 0 Å². The molecule has 3 atom stereocenters. The second-order valence-corrected chi connectivity index (χ2v) is 7.92. The van der Waals surface area contributed by atoms with Crippen molar-refractivity contribution >= 4 is 17.9 Å². The van der Waals surface area contributed by atoms with Crippen molar-refractivity contribution in [1.29, 1.82) is 0 Å². The number of hydrogen-bond donors (Lipinski definition) is 1. The number of urea groups is 1. The molecule has 1 heterocycles. The molecule has 148 valence electrons. The summed E-state index contributed by atoms with van der Waals surface area (Å²) in [6.45, 7) is 9.96. The summed E-state index contributed by atoms with van der Waals surface area (Å²) in [5.74, 6) is -1.52. The van der Waals surface area contributed by atoms with Crippen LogP contribution in [0.25, 0.3) is 0 Å². The summed E-state index contributed by atoms with van der Waals surface area (Å²) in [5, 5.41) is 9.64. The van der Waals surface area contributed by atoms with Crippen LogP contribution in [0, 0.1) is 18.8 Å². The van der Waals surface area contributed by atoms with Crippen LogP contribution in [-0.2, 0) is 16.1 Å². The van der Waals surface area contributed by atoms with Crippen LogP contribution in [0.2, 0.25) is 0 Å². The smallest absolute Gasteiger partial charge is 0.328 e. The number of imide groups is 1. The summed E-state index contributed by atoms with van der Waals surface area (Å²) >= 11 is 0. The van der Waals surface area contributed by atoms with Gasteiger partial charge in [0.25, 0.3) is 5.91 Å². The largest absolute Gasteiger partial charge is 0.480 e. The Labute approximate surface area is 161 Å². The van der Waals surface area contributed by atoms with Crippen LogP contribution in [0.5, 0.6) is 0 Å². The minimum atomic E-state index is -1.13. The van der Waals surface area contributed by atoms with Gasteiger partial charge in [-0.15, -0.1) is 0 Å². The first-order chi connectivity index (χ1) is 12.7. The molecule has 2 rings (SSSR count). The van der Waals surface area contributed by atoms with Gasteiger partial charge in [0.2, 0.25) is 0 Å². The summed E-state index contributed by atoms with van der Waals surface area (Å²) in [7, 11) is 0. The molecule has 1 aromatic carbocycles. The maximum atomic E-state index is 13.1. The number of carbonyl (C=O) groups is 3. The number of aliphatic carboxylic acids is 1. The highest BCUT2D eigenvalue weighted by Gasteiger charge is 2.51. The van der Waals surface area contributed by atoms with Gasteiger partial charge < -0.3 is 10.0 Å². The predicted molar refractivity (Wildman–Crippen MR) is 103 cm³/mol. The number of carboxylic acids is 1. The lowest BCUT2D eigenvalue weighted by atomic mass is 9.96. The molecule has 1 fully saturated rings. The maximum absolute atomic E-state index is 13.1. The van der Waals surface area contributed by atoms with E-state index >= 15 is 0 Å². The highest BCUT2D eigenvalue weighted by molar-refractivity contribution is 6.07. The molecule has 1 N–H and O–H groups in total. The fourth-order valence-corrected chi connectivity index (χ4v) is 3.51. The van der Waals surface area contributed by atoms with Crippen molar-refractivity contribution in [2.24, 2.45) is 11.8 Å². The van der Waals surface area contributed by atoms with Gasteiger partial charge >= 0.3 is 12.0 Å². The lowest BCUT2D eigenvalue weighted by molar-refractivity contribution is -0.147. The van der Waals surface area contributed by atoms with E-state index in [1.54, 1.807) is 0 Å².